The van der Waals surface area contributed by atoms with E-state index in [1.165, 1.54) is 0 Å². The van der Waals surface area contributed by atoms with Gasteiger partial charge in [0.1, 0.15) is 0 Å². The minimum atomic E-state index is 0.337. The Labute approximate surface area is 80.5 Å². The summed E-state index contributed by atoms with van der Waals surface area (Å²) in [5.74, 6) is 0.337. The van der Waals surface area contributed by atoms with Crippen LogP contribution in [0.2, 0.25) is 0 Å². The molecule has 0 aromatic rings. The van der Waals surface area contributed by atoms with Gasteiger partial charge in [0.25, 0.3) is 0 Å². The number of amides is 1. The van der Waals surface area contributed by atoms with Crippen molar-refractivity contribution in [2.24, 2.45) is 0 Å². The first-order chi connectivity index (χ1) is 6.24. The monoisotopic (exact) mass is 184 g/mol. The van der Waals surface area contributed by atoms with Crippen LogP contribution >= 0.6 is 0 Å². The molecule has 1 aliphatic heterocycles. The van der Waals surface area contributed by atoms with Crippen LogP contribution in [0.3, 0.4) is 0 Å². The molecule has 1 rings (SSSR count). The van der Waals surface area contributed by atoms with Gasteiger partial charge in [-0.05, 0) is 26.3 Å². The van der Waals surface area contributed by atoms with Crippen molar-refractivity contribution in [2.45, 2.75) is 39.2 Å². The first kappa shape index (κ1) is 10.5. The van der Waals surface area contributed by atoms with Crippen LogP contribution in [0, 0.1) is 0 Å². The summed E-state index contributed by atoms with van der Waals surface area (Å²) < 4.78 is 0. The molecule has 0 saturated carbocycles. The molecule has 0 aliphatic carbocycles. The number of nitrogens with zero attached hydrogens (tertiary/aromatic N) is 1. The van der Waals surface area contributed by atoms with Crippen LogP contribution in [-0.2, 0) is 4.79 Å². The molecule has 1 heterocycles. The Kier molecular flexibility index (Phi) is 4.22. The fraction of sp³-hybridized carbons (Fsp3) is 0.900. The van der Waals surface area contributed by atoms with E-state index >= 15 is 0 Å². The van der Waals surface area contributed by atoms with Crippen LogP contribution in [0.1, 0.15) is 33.1 Å². The Balaban J connectivity index is 2.14. The van der Waals surface area contributed by atoms with Crippen LogP contribution in [0.15, 0.2) is 0 Å². The standard InChI is InChI=1S/C10H20N2O/c1-3-11-9(2)6-8-12-7-4-5-10(12)13/h9,11H,3-8H2,1-2H3. The molecule has 1 atom stereocenters. The lowest BCUT2D eigenvalue weighted by Crippen LogP contribution is -2.32. The molecule has 1 aliphatic rings. The Morgan fingerprint density at radius 3 is 2.92 bits per heavy atom. The lowest BCUT2D eigenvalue weighted by Gasteiger charge is -2.18. The number of hydrogen-bond acceptors (Lipinski definition) is 2. The number of likely N-dealkylation sites (tertiary alicyclic amines) is 1. The summed E-state index contributed by atoms with van der Waals surface area (Å²) in [6.07, 6.45) is 2.88. The molecular formula is C10H20N2O. The zero-order chi connectivity index (χ0) is 9.68. The van der Waals surface area contributed by atoms with E-state index in [9.17, 15) is 4.79 Å². The van der Waals surface area contributed by atoms with Crippen molar-refractivity contribution in [2.75, 3.05) is 19.6 Å². The largest absolute Gasteiger partial charge is 0.343 e. The summed E-state index contributed by atoms with van der Waals surface area (Å²) in [6.45, 7) is 7.18. The van der Waals surface area contributed by atoms with Crippen LogP contribution in [0.4, 0.5) is 0 Å². The van der Waals surface area contributed by atoms with Gasteiger partial charge in [-0.1, -0.05) is 6.92 Å². The van der Waals surface area contributed by atoms with E-state index in [1.807, 2.05) is 4.90 Å². The highest BCUT2D eigenvalue weighted by molar-refractivity contribution is 5.77. The second-order valence-corrected chi connectivity index (χ2v) is 3.73. The van der Waals surface area contributed by atoms with Gasteiger partial charge in [-0.15, -0.1) is 0 Å². The summed E-state index contributed by atoms with van der Waals surface area (Å²) in [6, 6.07) is 0.526. The lowest BCUT2D eigenvalue weighted by atomic mass is 10.2. The van der Waals surface area contributed by atoms with Crippen LogP contribution in [0.5, 0.6) is 0 Å². The van der Waals surface area contributed by atoms with Gasteiger partial charge in [0.15, 0.2) is 0 Å². The summed E-state index contributed by atoms with van der Waals surface area (Å²) in [5, 5.41) is 3.35. The molecule has 0 spiro atoms. The second kappa shape index (κ2) is 5.22. The zero-order valence-corrected chi connectivity index (χ0v) is 8.68. The molecule has 0 radical (unpaired) electrons. The Morgan fingerprint density at radius 1 is 1.62 bits per heavy atom. The van der Waals surface area contributed by atoms with Crippen LogP contribution < -0.4 is 5.32 Å². The van der Waals surface area contributed by atoms with Crippen molar-refractivity contribution in [3.63, 3.8) is 0 Å². The third kappa shape index (κ3) is 3.35. The van der Waals surface area contributed by atoms with Gasteiger partial charge in [0.05, 0.1) is 0 Å². The summed E-state index contributed by atoms with van der Waals surface area (Å²) >= 11 is 0. The number of hydrogen-bond donors (Lipinski definition) is 1. The second-order valence-electron chi connectivity index (χ2n) is 3.73. The summed E-state index contributed by atoms with van der Waals surface area (Å²) in [4.78, 5) is 13.2. The van der Waals surface area contributed by atoms with Gasteiger partial charge in [-0.2, -0.15) is 0 Å². The molecular weight excluding hydrogens is 164 g/mol. The average molecular weight is 184 g/mol. The van der Waals surface area contributed by atoms with Gasteiger partial charge in [-0.25, -0.2) is 0 Å². The van der Waals surface area contributed by atoms with Crippen molar-refractivity contribution >= 4 is 5.91 Å². The quantitative estimate of drug-likeness (QED) is 0.691. The molecule has 1 N–H and O–H groups in total. The van der Waals surface area contributed by atoms with Gasteiger partial charge in [0, 0.05) is 25.6 Å². The third-order valence-corrected chi connectivity index (χ3v) is 2.56. The van der Waals surface area contributed by atoms with Gasteiger partial charge in [-0.3, -0.25) is 4.79 Å². The molecule has 1 amide bonds. The Hall–Kier alpha value is -0.570. The van der Waals surface area contributed by atoms with Crippen molar-refractivity contribution in [1.29, 1.82) is 0 Å². The minimum Gasteiger partial charge on any atom is -0.343 e. The molecule has 1 unspecified atom stereocenters. The molecule has 76 valence electrons. The molecule has 3 heteroatoms. The predicted octanol–water partition coefficient (Wildman–Crippen LogP) is 0.997. The maximum Gasteiger partial charge on any atom is 0.222 e. The van der Waals surface area contributed by atoms with E-state index in [0.717, 1.165) is 38.9 Å². The van der Waals surface area contributed by atoms with Crippen molar-refractivity contribution in [3.8, 4) is 0 Å². The van der Waals surface area contributed by atoms with Gasteiger partial charge in [0.2, 0.25) is 5.91 Å². The average Bonchev–Trinajstić information content (AvgIpc) is 2.48. The maximum absolute atomic E-state index is 11.3. The predicted molar refractivity (Wildman–Crippen MR) is 53.6 cm³/mol. The van der Waals surface area contributed by atoms with E-state index in [0.29, 0.717) is 11.9 Å². The molecule has 0 aromatic carbocycles. The first-order valence-corrected chi connectivity index (χ1v) is 5.25. The molecule has 0 bridgehead atoms. The molecule has 1 saturated heterocycles. The molecule has 1 fully saturated rings. The number of carbonyl (C=O) groups excluding carboxylic acids is 1. The van der Waals surface area contributed by atoms with Crippen LogP contribution in [0.25, 0.3) is 0 Å². The number of nitrogens with one attached hydrogen (secondary N) is 1. The minimum absolute atomic E-state index is 0.337. The summed E-state index contributed by atoms with van der Waals surface area (Å²) in [5.41, 5.74) is 0. The smallest absolute Gasteiger partial charge is 0.222 e. The van der Waals surface area contributed by atoms with E-state index in [1.54, 1.807) is 0 Å². The van der Waals surface area contributed by atoms with E-state index in [2.05, 4.69) is 19.2 Å². The zero-order valence-electron chi connectivity index (χ0n) is 8.68. The number of rotatable bonds is 5. The fourth-order valence-electron chi connectivity index (χ4n) is 1.74. The fourth-order valence-corrected chi connectivity index (χ4v) is 1.74. The van der Waals surface area contributed by atoms with Crippen molar-refractivity contribution < 1.29 is 4.79 Å². The van der Waals surface area contributed by atoms with Gasteiger partial charge < -0.3 is 10.2 Å². The Bertz CT molecular complexity index is 170. The normalized spacial score (nSPS) is 19.5. The topological polar surface area (TPSA) is 32.3 Å². The van der Waals surface area contributed by atoms with Crippen LogP contribution in [-0.4, -0.2) is 36.5 Å². The van der Waals surface area contributed by atoms with E-state index in [4.69, 9.17) is 0 Å². The highest BCUT2D eigenvalue weighted by atomic mass is 16.2. The van der Waals surface area contributed by atoms with E-state index in [-0.39, 0.29) is 0 Å². The van der Waals surface area contributed by atoms with Crippen molar-refractivity contribution in [3.05, 3.63) is 0 Å². The number of carbonyl (C=O) groups is 1. The highest BCUT2D eigenvalue weighted by Crippen LogP contribution is 2.10. The van der Waals surface area contributed by atoms with Gasteiger partial charge >= 0.3 is 0 Å². The molecule has 3 nitrogen and oxygen atoms in total. The highest BCUT2D eigenvalue weighted by Gasteiger charge is 2.19. The maximum atomic E-state index is 11.3. The van der Waals surface area contributed by atoms with Crippen molar-refractivity contribution in [1.82, 2.24) is 10.2 Å². The lowest BCUT2D eigenvalue weighted by molar-refractivity contribution is -0.127. The third-order valence-electron chi connectivity index (χ3n) is 2.56. The first-order valence-electron chi connectivity index (χ1n) is 5.25. The SMILES string of the molecule is CCNC(C)CCN1CCCC1=O. The van der Waals surface area contributed by atoms with E-state index < -0.39 is 0 Å². The molecule has 13 heavy (non-hydrogen) atoms. The summed E-state index contributed by atoms with van der Waals surface area (Å²) in [7, 11) is 0. The molecule has 0 aromatic heterocycles. The Morgan fingerprint density at radius 2 is 2.38 bits per heavy atom.